The van der Waals surface area contributed by atoms with Crippen LogP contribution in [0.15, 0.2) is 18.3 Å². The van der Waals surface area contributed by atoms with Gasteiger partial charge < -0.3 is 10.2 Å². The summed E-state index contributed by atoms with van der Waals surface area (Å²) in [6, 6.07) is 5.04. The summed E-state index contributed by atoms with van der Waals surface area (Å²) in [6.07, 6.45) is 4.55. The predicted octanol–water partition coefficient (Wildman–Crippen LogP) is 1.72. The van der Waals surface area contributed by atoms with E-state index in [1.807, 2.05) is 13.2 Å². The molecular formula is C16H28N4. The largest absolute Gasteiger partial charge is 0.316 e. The van der Waals surface area contributed by atoms with Crippen LogP contribution < -0.4 is 5.32 Å². The third-order valence-electron chi connectivity index (χ3n) is 4.31. The van der Waals surface area contributed by atoms with Crippen LogP contribution in [0.4, 0.5) is 0 Å². The maximum atomic E-state index is 4.57. The van der Waals surface area contributed by atoms with Crippen molar-refractivity contribution in [3.8, 4) is 0 Å². The third-order valence-corrected chi connectivity index (χ3v) is 4.31. The number of nitrogens with one attached hydrogen (secondary N) is 1. The molecule has 0 aliphatic carbocycles. The molecule has 4 heteroatoms. The van der Waals surface area contributed by atoms with Gasteiger partial charge in [-0.15, -0.1) is 0 Å². The molecule has 0 unspecified atom stereocenters. The van der Waals surface area contributed by atoms with E-state index >= 15 is 0 Å². The molecule has 4 nitrogen and oxygen atoms in total. The van der Waals surface area contributed by atoms with E-state index in [0.717, 1.165) is 13.1 Å². The van der Waals surface area contributed by atoms with E-state index in [1.54, 1.807) is 0 Å². The van der Waals surface area contributed by atoms with Gasteiger partial charge in [0.15, 0.2) is 0 Å². The van der Waals surface area contributed by atoms with Crippen molar-refractivity contribution in [2.45, 2.75) is 38.9 Å². The fourth-order valence-electron chi connectivity index (χ4n) is 2.92. The number of piperidine rings is 1. The maximum Gasteiger partial charge on any atom is 0.0544 e. The minimum atomic E-state index is 0.705. The molecule has 1 aliphatic rings. The lowest BCUT2D eigenvalue weighted by atomic mass is 10.0. The highest BCUT2D eigenvalue weighted by atomic mass is 15.2. The van der Waals surface area contributed by atoms with Gasteiger partial charge in [0, 0.05) is 25.3 Å². The van der Waals surface area contributed by atoms with Gasteiger partial charge in [-0.05, 0) is 58.2 Å². The van der Waals surface area contributed by atoms with Crippen molar-refractivity contribution in [3.63, 3.8) is 0 Å². The van der Waals surface area contributed by atoms with E-state index in [4.69, 9.17) is 0 Å². The minimum absolute atomic E-state index is 0.705. The standard InChI is InChI=1S/C16H28N4/c1-4-20-9-7-16(8-10-20)19(3)13-15-6-5-14(11-17-2)12-18-15/h5-6,12,16-17H,4,7-11,13H2,1-3H3. The van der Waals surface area contributed by atoms with Gasteiger partial charge in [0.05, 0.1) is 5.69 Å². The fourth-order valence-corrected chi connectivity index (χ4v) is 2.92. The number of pyridine rings is 1. The summed E-state index contributed by atoms with van der Waals surface area (Å²) < 4.78 is 0. The predicted molar refractivity (Wildman–Crippen MR) is 83.6 cm³/mol. The van der Waals surface area contributed by atoms with Crippen LogP contribution in [0.2, 0.25) is 0 Å². The number of hydrogen-bond acceptors (Lipinski definition) is 4. The molecule has 0 bridgehead atoms. The van der Waals surface area contributed by atoms with Crippen molar-refractivity contribution >= 4 is 0 Å². The normalized spacial score (nSPS) is 17.8. The van der Waals surface area contributed by atoms with Gasteiger partial charge in [-0.2, -0.15) is 0 Å². The van der Waals surface area contributed by atoms with E-state index in [1.165, 1.54) is 43.7 Å². The second kappa shape index (κ2) is 7.72. The van der Waals surface area contributed by atoms with Gasteiger partial charge in [0.25, 0.3) is 0 Å². The summed E-state index contributed by atoms with van der Waals surface area (Å²) in [4.78, 5) is 9.57. The van der Waals surface area contributed by atoms with E-state index in [9.17, 15) is 0 Å². The Bertz CT molecular complexity index is 382. The Labute approximate surface area is 123 Å². The Balaban J connectivity index is 1.83. The summed E-state index contributed by atoms with van der Waals surface area (Å²) in [7, 11) is 4.19. The third kappa shape index (κ3) is 4.27. The molecule has 0 aromatic carbocycles. The SMILES string of the molecule is CCN1CCC(N(C)Cc2ccc(CNC)cn2)CC1. The number of nitrogens with zero attached hydrogens (tertiary/aromatic N) is 3. The summed E-state index contributed by atoms with van der Waals surface area (Å²) in [6.45, 7) is 7.75. The van der Waals surface area contributed by atoms with Gasteiger partial charge in [-0.3, -0.25) is 9.88 Å². The molecule has 1 N–H and O–H groups in total. The molecule has 1 saturated heterocycles. The average Bonchev–Trinajstić information content (AvgIpc) is 2.49. The van der Waals surface area contributed by atoms with Gasteiger partial charge in [0.1, 0.15) is 0 Å². The lowest BCUT2D eigenvalue weighted by Crippen LogP contribution is -2.43. The molecule has 2 heterocycles. The van der Waals surface area contributed by atoms with Crippen molar-refractivity contribution < 1.29 is 0 Å². The van der Waals surface area contributed by atoms with E-state index in [0.29, 0.717) is 6.04 Å². The first kappa shape index (κ1) is 15.4. The van der Waals surface area contributed by atoms with Crippen LogP contribution in [0.25, 0.3) is 0 Å². The van der Waals surface area contributed by atoms with Crippen LogP contribution in [0.1, 0.15) is 31.0 Å². The molecule has 1 aromatic rings. The summed E-state index contributed by atoms with van der Waals surface area (Å²) in [5, 5.41) is 3.15. The van der Waals surface area contributed by atoms with Crippen molar-refractivity contribution in [1.82, 2.24) is 20.1 Å². The van der Waals surface area contributed by atoms with Crippen LogP contribution in [0.3, 0.4) is 0 Å². The first-order chi connectivity index (χ1) is 9.72. The van der Waals surface area contributed by atoms with Crippen LogP contribution >= 0.6 is 0 Å². The average molecular weight is 276 g/mol. The first-order valence-corrected chi connectivity index (χ1v) is 7.74. The van der Waals surface area contributed by atoms with E-state index in [-0.39, 0.29) is 0 Å². The smallest absolute Gasteiger partial charge is 0.0544 e. The van der Waals surface area contributed by atoms with Gasteiger partial charge in [0.2, 0.25) is 0 Å². The Morgan fingerprint density at radius 3 is 2.65 bits per heavy atom. The molecule has 1 aromatic heterocycles. The lowest BCUT2D eigenvalue weighted by Gasteiger charge is -2.36. The van der Waals surface area contributed by atoms with Crippen molar-refractivity contribution in [2.75, 3.05) is 33.7 Å². The summed E-state index contributed by atoms with van der Waals surface area (Å²) in [5.41, 5.74) is 2.42. The number of hydrogen-bond donors (Lipinski definition) is 1. The van der Waals surface area contributed by atoms with Crippen LogP contribution in [0, 0.1) is 0 Å². The molecule has 20 heavy (non-hydrogen) atoms. The highest BCUT2D eigenvalue weighted by molar-refractivity contribution is 5.14. The van der Waals surface area contributed by atoms with E-state index in [2.05, 4.69) is 46.2 Å². The second-order valence-corrected chi connectivity index (χ2v) is 5.77. The minimum Gasteiger partial charge on any atom is -0.316 e. The first-order valence-electron chi connectivity index (χ1n) is 7.74. The number of rotatable bonds is 6. The summed E-state index contributed by atoms with van der Waals surface area (Å²) in [5.74, 6) is 0. The van der Waals surface area contributed by atoms with Gasteiger partial charge in [-0.25, -0.2) is 0 Å². The quantitative estimate of drug-likeness (QED) is 0.857. The molecule has 1 fully saturated rings. The molecule has 0 atom stereocenters. The highest BCUT2D eigenvalue weighted by Gasteiger charge is 2.21. The lowest BCUT2D eigenvalue weighted by molar-refractivity contribution is 0.126. The molecule has 0 radical (unpaired) electrons. The summed E-state index contributed by atoms with van der Waals surface area (Å²) >= 11 is 0. The van der Waals surface area contributed by atoms with Crippen molar-refractivity contribution in [2.24, 2.45) is 0 Å². The van der Waals surface area contributed by atoms with Crippen LogP contribution in [0.5, 0.6) is 0 Å². The molecule has 0 spiro atoms. The zero-order chi connectivity index (χ0) is 14.4. The van der Waals surface area contributed by atoms with E-state index < -0.39 is 0 Å². The van der Waals surface area contributed by atoms with Crippen molar-refractivity contribution in [3.05, 3.63) is 29.6 Å². The second-order valence-electron chi connectivity index (χ2n) is 5.77. The fraction of sp³-hybridized carbons (Fsp3) is 0.688. The molecule has 2 rings (SSSR count). The molecular weight excluding hydrogens is 248 g/mol. The van der Waals surface area contributed by atoms with Crippen LogP contribution in [-0.4, -0.2) is 54.6 Å². The zero-order valence-electron chi connectivity index (χ0n) is 13.1. The van der Waals surface area contributed by atoms with Crippen molar-refractivity contribution in [1.29, 1.82) is 0 Å². The van der Waals surface area contributed by atoms with Gasteiger partial charge >= 0.3 is 0 Å². The Kier molecular flexibility index (Phi) is 5.95. The van der Waals surface area contributed by atoms with Crippen LogP contribution in [-0.2, 0) is 13.1 Å². The Hall–Kier alpha value is -0.970. The maximum absolute atomic E-state index is 4.57. The molecule has 0 saturated carbocycles. The Morgan fingerprint density at radius 2 is 2.10 bits per heavy atom. The number of likely N-dealkylation sites (tertiary alicyclic amines) is 1. The zero-order valence-corrected chi connectivity index (χ0v) is 13.1. The molecule has 0 amide bonds. The van der Waals surface area contributed by atoms with Gasteiger partial charge in [-0.1, -0.05) is 13.0 Å². The Morgan fingerprint density at radius 1 is 1.35 bits per heavy atom. The topological polar surface area (TPSA) is 31.4 Å². The monoisotopic (exact) mass is 276 g/mol. The molecule has 112 valence electrons. The number of aromatic nitrogens is 1. The highest BCUT2D eigenvalue weighted by Crippen LogP contribution is 2.16. The molecule has 1 aliphatic heterocycles.